The first-order chi connectivity index (χ1) is 8.29. The van der Waals surface area contributed by atoms with Gasteiger partial charge in [-0.05, 0) is 12.1 Å². The molecule has 0 saturated heterocycles. The Morgan fingerprint density at radius 3 is 2.12 bits per heavy atom. The van der Waals surface area contributed by atoms with Gasteiger partial charge in [-0.3, -0.25) is 4.79 Å². The lowest BCUT2D eigenvalue weighted by Gasteiger charge is -2.22. The zero-order valence-corrected chi connectivity index (χ0v) is 9.73. The van der Waals surface area contributed by atoms with Gasteiger partial charge in [0.15, 0.2) is 0 Å². The van der Waals surface area contributed by atoms with Crippen molar-refractivity contribution in [3.05, 3.63) is 61.2 Å². The molecule has 0 saturated carbocycles. The highest BCUT2D eigenvalue weighted by Crippen LogP contribution is 2.01. The molecule has 0 fully saturated rings. The Kier molecular flexibility index (Phi) is 5.71. The van der Waals surface area contributed by atoms with Crippen LogP contribution >= 0.6 is 0 Å². The van der Waals surface area contributed by atoms with Crippen molar-refractivity contribution in [2.45, 2.75) is 0 Å². The van der Waals surface area contributed by atoms with Crippen molar-refractivity contribution in [3.63, 3.8) is 0 Å². The summed E-state index contributed by atoms with van der Waals surface area (Å²) in [5.41, 5.74) is 6.43. The highest BCUT2D eigenvalue weighted by molar-refractivity contribution is 5.93. The van der Waals surface area contributed by atoms with Crippen LogP contribution in [0.3, 0.4) is 0 Å². The number of hydrogen-bond donors (Lipinski definition) is 2. The van der Waals surface area contributed by atoms with Gasteiger partial charge in [0, 0.05) is 18.7 Å². The zero-order valence-electron chi connectivity index (χ0n) is 9.73. The summed E-state index contributed by atoms with van der Waals surface area (Å²) in [6.45, 7) is 8.20. The third kappa shape index (κ3) is 4.22. The van der Waals surface area contributed by atoms with Gasteiger partial charge in [-0.25, -0.2) is 16.0 Å². The van der Waals surface area contributed by atoms with Crippen molar-refractivity contribution in [2.75, 3.05) is 13.1 Å². The van der Waals surface area contributed by atoms with Gasteiger partial charge < -0.3 is 0 Å². The second kappa shape index (κ2) is 7.38. The second-order valence-corrected chi connectivity index (χ2v) is 3.31. The summed E-state index contributed by atoms with van der Waals surface area (Å²) in [6.07, 6.45) is 3.36. The lowest BCUT2D eigenvalue weighted by atomic mass is 10.2. The van der Waals surface area contributed by atoms with Crippen LogP contribution in [0, 0.1) is 0 Å². The van der Waals surface area contributed by atoms with Gasteiger partial charge in [-0.1, -0.05) is 30.4 Å². The predicted octanol–water partition coefficient (Wildman–Crippen LogP) is 1.51. The molecule has 0 atom stereocenters. The fourth-order valence-corrected chi connectivity index (χ4v) is 1.22. The third-order valence-electron chi connectivity index (χ3n) is 2.01. The molecule has 1 aromatic carbocycles. The van der Waals surface area contributed by atoms with Crippen molar-refractivity contribution >= 4 is 5.91 Å². The molecule has 17 heavy (non-hydrogen) atoms. The van der Waals surface area contributed by atoms with Crippen molar-refractivity contribution in [2.24, 2.45) is 0 Å². The number of hydrogen-bond acceptors (Lipinski definition) is 3. The largest absolute Gasteiger partial charge is 0.282 e. The monoisotopic (exact) mass is 231 g/mol. The van der Waals surface area contributed by atoms with Crippen LogP contribution < -0.4 is 10.9 Å². The minimum Gasteiger partial charge on any atom is -0.266 e. The molecule has 1 amide bonds. The van der Waals surface area contributed by atoms with Crippen LogP contribution in [-0.4, -0.2) is 24.1 Å². The van der Waals surface area contributed by atoms with E-state index >= 15 is 0 Å². The zero-order chi connectivity index (χ0) is 12.5. The molecule has 1 rings (SSSR count). The van der Waals surface area contributed by atoms with Crippen LogP contribution in [-0.2, 0) is 0 Å². The standard InChI is InChI=1S/C13H17N3O/c1-3-10-14-16(15-11-4-2)13(17)12-8-6-5-7-9-12/h3-9,14-15H,1-2,10-11H2. The van der Waals surface area contributed by atoms with E-state index in [1.165, 1.54) is 5.12 Å². The molecule has 0 radical (unpaired) electrons. The first kappa shape index (κ1) is 13.2. The van der Waals surface area contributed by atoms with E-state index in [0.29, 0.717) is 18.7 Å². The van der Waals surface area contributed by atoms with E-state index in [4.69, 9.17) is 0 Å². The summed E-state index contributed by atoms with van der Waals surface area (Å²) in [7, 11) is 0. The summed E-state index contributed by atoms with van der Waals surface area (Å²) >= 11 is 0. The van der Waals surface area contributed by atoms with E-state index in [1.54, 1.807) is 24.3 Å². The summed E-state index contributed by atoms with van der Waals surface area (Å²) in [4.78, 5) is 12.1. The molecule has 90 valence electrons. The van der Waals surface area contributed by atoms with Crippen LogP contribution in [0.15, 0.2) is 55.6 Å². The molecule has 0 spiro atoms. The molecule has 4 nitrogen and oxygen atoms in total. The van der Waals surface area contributed by atoms with Gasteiger partial charge in [0.2, 0.25) is 0 Å². The molecule has 0 bridgehead atoms. The molecule has 2 N–H and O–H groups in total. The van der Waals surface area contributed by atoms with Gasteiger partial charge in [0.1, 0.15) is 0 Å². The first-order valence-electron chi connectivity index (χ1n) is 5.38. The Balaban J connectivity index is 2.71. The normalized spacial score (nSPS) is 9.65. The van der Waals surface area contributed by atoms with Crippen LogP contribution in [0.5, 0.6) is 0 Å². The quantitative estimate of drug-likeness (QED) is 0.552. The average molecular weight is 231 g/mol. The fraction of sp³-hybridized carbons (Fsp3) is 0.154. The summed E-state index contributed by atoms with van der Waals surface area (Å²) in [6, 6.07) is 9.05. The van der Waals surface area contributed by atoms with Gasteiger partial charge in [0.25, 0.3) is 5.91 Å². The molecule has 0 aliphatic carbocycles. The second-order valence-electron chi connectivity index (χ2n) is 3.31. The van der Waals surface area contributed by atoms with E-state index in [9.17, 15) is 4.79 Å². The van der Waals surface area contributed by atoms with Crippen LogP contribution in [0.4, 0.5) is 0 Å². The Bertz CT molecular complexity index is 364. The molecule has 0 aliphatic heterocycles. The predicted molar refractivity (Wildman–Crippen MR) is 69.0 cm³/mol. The van der Waals surface area contributed by atoms with E-state index in [1.807, 2.05) is 18.2 Å². The number of amides is 1. The summed E-state index contributed by atoms with van der Waals surface area (Å²) in [5, 5.41) is 1.35. The molecule has 0 unspecified atom stereocenters. The highest BCUT2D eigenvalue weighted by atomic mass is 16.2. The minimum absolute atomic E-state index is 0.144. The SMILES string of the molecule is C=CCNN(NCC=C)C(=O)c1ccccc1. The molecule has 4 heteroatoms. The molecular weight excluding hydrogens is 214 g/mol. The smallest absolute Gasteiger partial charge is 0.266 e. The first-order valence-corrected chi connectivity index (χ1v) is 5.38. The molecule has 0 aromatic heterocycles. The Morgan fingerprint density at radius 1 is 1.12 bits per heavy atom. The highest BCUT2D eigenvalue weighted by Gasteiger charge is 2.13. The molecule has 1 aromatic rings. The van der Waals surface area contributed by atoms with E-state index < -0.39 is 0 Å². The molecular formula is C13H17N3O. The maximum absolute atomic E-state index is 12.1. The number of nitrogens with one attached hydrogen (secondary N) is 2. The van der Waals surface area contributed by atoms with Crippen molar-refractivity contribution in [1.29, 1.82) is 0 Å². The third-order valence-corrected chi connectivity index (χ3v) is 2.01. The molecule has 0 heterocycles. The number of nitrogens with zero attached hydrogens (tertiary/aromatic N) is 1. The van der Waals surface area contributed by atoms with Crippen LogP contribution in [0.1, 0.15) is 10.4 Å². The minimum atomic E-state index is -0.144. The van der Waals surface area contributed by atoms with Crippen LogP contribution in [0.2, 0.25) is 0 Å². The summed E-state index contributed by atoms with van der Waals surface area (Å²) in [5.74, 6) is -0.144. The topological polar surface area (TPSA) is 44.4 Å². The van der Waals surface area contributed by atoms with Gasteiger partial charge >= 0.3 is 0 Å². The Labute approximate surface area is 102 Å². The number of carbonyl (C=O) groups is 1. The van der Waals surface area contributed by atoms with Crippen LogP contribution in [0.25, 0.3) is 0 Å². The van der Waals surface area contributed by atoms with Crippen molar-refractivity contribution in [3.8, 4) is 0 Å². The maximum atomic E-state index is 12.1. The Morgan fingerprint density at radius 2 is 1.65 bits per heavy atom. The number of benzene rings is 1. The summed E-state index contributed by atoms with van der Waals surface area (Å²) < 4.78 is 0. The lowest BCUT2D eigenvalue weighted by molar-refractivity contribution is 0.0543. The fourth-order valence-electron chi connectivity index (χ4n) is 1.22. The maximum Gasteiger partial charge on any atom is 0.282 e. The van der Waals surface area contributed by atoms with E-state index in [0.717, 1.165) is 0 Å². The average Bonchev–Trinajstić information content (AvgIpc) is 2.39. The van der Waals surface area contributed by atoms with Crippen molar-refractivity contribution in [1.82, 2.24) is 16.0 Å². The lowest BCUT2D eigenvalue weighted by Crippen LogP contribution is -2.51. The molecule has 0 aliphatic rings. The number of rotatable bonds is 7. The Hall–Kier alpha value is -1.91. The van der Waals surface area contributed by atoms with Crippen molar-refractivity contribution < 1.29 is 4.79 Å². The van der Waals surface area contributed by atoms with E-state index in [-0.39, 0.29) is 5.91 Å². The van der Waals surface area contributed by atoms with Gasteiger partial charge in [0.05, 0.1) is 0 Å². The van der Waals surface area contributed by atoms with Gasteiger partial charge in [-0.2, -0.15) is 0 Å². The number of carbonyl (C=O) groups excluding carboxylic acids is 1. The number of hydrazine groups is 2. The van der Waals surface area contributed by atoms with Gasteiger partial charge in [-0.15, -0.1) is 13.2 Å². The van der Waals surface area contributed by atoms with E-state index in [2.05, 4.69) is 24.0 Å².